The highest BCUT2D eigenvalue weighted by Gasteiger charge is 2.35. The Morgan fingerprint density at radius 2 is 1.88 bits per heavy atom. The minimum absolute atomic E-state index is 0.132. The Morgan fingerprint density at radius 3 is 2.53 bits per heavy atom. The Hall–Kier alpha value is -2.77. The van der Waals surface area contributed by atoms with E-state index in [0.29, 0.717) is 23.3 Å². The highest BCUT2D eigenvalue weighted by Crippen LogP contribution is 2.37. The summed E-state index contributed by atoms with van der Waals surface area (Å²) in [6.45, 7) is 4.66. The first kappa shape index (κ1) is 22.4. The Balaban J connectivity index is 1.76. The molecular weight excluding hydrogens is 444 g/mol. The summed E-state index contributed by atoms with van der Waals surface area (Å²) < 4.78 is 5.72. The average Bonchev–Trinajstić information content (AvgIpc) is 3.29. The van der Waals surface area contributed by atoms with Crippen LogP contribution in [0, 0.1) is 0 Å². The van der Waals surface area contributed by atoms with Gasteiger partial charge in [0.1, 0.15) is 0 Å². The molecule has 3 aromatic rings. The molecule has 32 heavy (non-hydrogen) atoms. The molecule has 0 saturated heterocycles. The Bertz CT molecular complexity index is 1130. The van der Waals surface area contributed by atoms with E-state index in [1.165, 1.54) is 4.90 Å². The van der Waals surface area contributed by atoms with E-state index >= 15 is 0 Å². The molecule has 1 unspecified atom stereocenters. The van der Waals surface area contributed by atoms with E-state index in [1.54, 1.807) is 16.7 Å². The number of benzene rings is 2. The number of thioether (sulfide) groups is 1. The first-order valence-corrected chi connectivity index (χ1v) is 12.1. The van der Waals surface area contributed by atoms with E-state index in [-0.39, 0.29) is 6.03 Å². The lowest BCUT2D eigenvalue weighted by molar-refractivity contribution is 0.204. The van der Waals surface area contributed by atoms with Crippen molar-refractivity contribution >= 4 is 35.0 Å². The van der Waals surface area contributed by atoms with Crippen LogP contribution in [0.2, 0.25) is 5.02 Å². The van der Waals surface area contributed by atoms with Gasteiger partial charge in [0, 0.05) is 27.7 Å². The summed E-state index contributed by atoms with van der Waals surface area (Å²) in [5.74, 6) is 0.910. The molecule has 0 bridgehead atoms. The van der Waals surface area contributed by atoms with Gasteiger partial charge in [-0.2, -0.15) is 4.98 Å². The van der Waals surface area contributed by atoms with Gasteiger partial charge in [0.15, 0.2) is 0 Å². The Labute approximate surface area is 197 Å². The molecule has 0 radical (unpaired) electrons. The molecule has 166 valence electrons. The number of halogens is 1. The van der Waals surface area contributed by atoms with Gasteiger partial charge in [0.2, 0.25) is 5.82 Å². The van der Waals surface area contributed by atoms with E-state index in [0.717, 1.165) is 35.2 Å². The van der Waals surface area contributed by atoms with Crippen LogP contribution in [0.5, 0.6) is 0 Å². The summed E-state index contributed by atoms with van der Waals surface area (Å²) in [4.78, 5) is 20.5. The van der Waals surface area contributed by atoms with Crippen molar-refractivity contribution in [2.75, 3.05) is 12.8 Å². The van der Waals surface area contributed by atoms with Crippen molar-refractivity contribution in [3.05, 3.63) is 70.7 Å². The average molecular weight is 469 g/mol. The fraction of sp³-hybridized carbons (Fsp3) is 0.292. The van der Waals surface area contributed by atoms with Crippen LogP contribution < -0.4 is 5.32 Å². The summed E-state index contributed by atoms with van der Waals surface area (Å²) in [6.07, 6.45) is 3.93. The van der Waals surface area contributed by atoms with Gasteiger partial charge < -0.3 is 9.84 Å². The highest BCUT2D eigenvalue weighted by molar-refractivity contribution is 7.98. The molecule has 2 aromatic carbocycles. The van der Waals surface area contributed by atoms with Crippen LogP contribution >= 0.6 is 23.4 Å². The molecule has 1 aliphatic rings. The number of carbonyl (C=O) groups is 1. The van der Waals surface area contributed by atoms with Gasteiger partial charge in [-0.1, -0.05) is 42.2 Å². The number of urea groups is 1. The van der Waals surface area contributed by atoms with Crippen molar-refractivity contribution < 1.29 is 9.32 Å². The van der Waals surface area contributed by atoms with Crippen LogP contribution in [0.25, 0.3) is 17.0 Å². The van der Waals surface area contributed by atoms with Crippen molar-refractivity contribution in [2.24, 2.45) is 0 Å². The number of carbonyl (C=O) groups excluding carboxylic acids is 1. The monoisotopic (exact) mass is 468 g/mol. The van der Waals surface area contributed by atoms with Crippen molar-refractivity contribution in [2.45, 2.75) is 37.6 Å². The maximum Gasteiger partial charge on any atom is 0.322 e. The first-order valence-electron chi connectivity index (χ1n) is 10.5. The minimum Gasteiger partial charge on any atom is -0.334 e. The smallest absolute Gasteiger partial charge is 0.322 e. The number of aromatic nitrogens is 2. The SMILES string of the molecule is CCCCN1C(=O)NC(c2ccc(Cl)cc2)C(c2nc(-c3ccc(SC)cc3)no2)=C1C. The lowest BCUT2D eigenvalue weighted by Crippen LogP contribution is -2.46. The fourth-order valence-corrected chi connectivity index (χ4v) is 4.27. The van der Waals surface area contributed by atoms with Crippen LogP contribution in [-0.4, -0.2) is 33.9 Å². The molecule has 0 saturated carbocycles. The minimum atomic E-state index is -0.412. The van der Waals surface area contributed by atoms with Gasteiger partial charge in [-0.15, -0.1) is 11.8 Å². The van der Waals surface area contributed by atoms with E-state index < -0.39 is 6.04 Å². The van der Waals surface area contributed by atoms with Gasteiger partial charge in [0.05, 0.1) is 11.6 Å². The third-order valence-corrected chi connectivity index (χ3v) is 6.54. The van der Waals surface area contributed by atoms with Crippen molar-refractivity contribution in [3.8, 4) is 11.4 Å². The van der Waals surface area contributed by atoms with Gasteiger partial charge in [-0.3, -0.25) is 4.90 Å². The molecule has 0 aliphatic carbocycles. The predicted octanol–water partition coefficient (Wildman–Crippen LogP) is 6.41. The third-order valence-electron chi connectivity index (χ3n) is 5.54. The zero-order valence-corrected chi connectivity index (χ0v) is 19.8. The summed E-state index contributed by atoms with van der Waals surface area (Å²) in [7, 11) is 0. The molecule has 0 spiro atoms. The Morgan fingerprint density at radius 1 is 1.16 bits per heavy atom. The first-order chi connectivity index (χ1) is 15.5. The van der Waals surface area contributed by atoms with Crippen LogP contribution in [0.1, 0.15) is 44.2 Å². The van der Waals surface area contributed by atoms with Crippen LogP contribution in [0.15, 0.2) is 63.6 Å². The summed E-state index contributed by atoms with van der Waals surface area (Å²) in [5, 5.41) is 7.97. The molecule has 1 aliphatic heterocycles. The quantitative estimate of drug-likeness (QED) is 0.405. The molecule has 1 aromatic heterocycles. The lowest BCUT2D eigenvalue weighted by atomic mass is 9.94. The van der Waals surface area contributed by atoms with Crippen LogP contribution in [-0.2, 0) is 0 Å². The van der Waals surface area contributed by atoms with E-state index in [2.05, 4.69) is 17.4 Å². The fourth-order valence-electron chi connectivity index (χ4n) is 3.74. The number of nitrogens with one attached hydrogen (secondary N) is 1. The largest absolute Gasteiger partial charge is 0.334 e. The molecule has 2 amide bonds. The molecule has 6 nitrogen and oxygen atoms in total. The highest BCUT2D eigenvalue weighted by atomic mass is 35.5. The predicted molar refractivity (Wildman–Crippen MR) is 128 cm³/mol. The lowest BCUT2D eigenvalue weighted by Gasteiger charge is -2.35. The van der Waals surface area contributed by atoms with E-state index in [4.69, 9.17) is 21.1 Å². The second kappa shape index (κ2) is 9.79. The standard InChI is InChI=1S/C24H25ClN4O2S/c1-4-5-14-29-15(2)20(21(26-24(29)30)16-6-10-18(25)11-7-16)23-27-22(28-31-23)17-8-12-19(32-3)13-9-17/h6-13,21H,4-5,14H2,1-3H3,(H,26,30). The van der Waals surface area contributed by atoms with Gasteiger partial charge >= 0.3 is 6.03 Å². The van der Waals surface area contributed by atoms with Crippen LogP contribution in [0.4, 0.5) is 4.79 Å². The number of nitrogens with zero attached hydrogens (tertiary/aromatic N) is 3. The van der Waals surface area contributed by atoms with E-state index in [1.807, 2.05) is 61.7 Å². The molecule has 8 heteroatoms. The summed E-state index contributed by atoms with van der Waals surface area (Å²) in [6, 6.07) is 14.9. The van der Waals surface area contributed by atoms with Gasteiger partial charge in [0.25, 0.3) is 5.89 Å². The molecule has 0 fully saturated rings. The normalized spacial score (nSPS) is 16.4. The van der Waals surface area contributed by atoms with Gasteiger partial charge in [-0.25, -0.2) is 4.79 Å². The number of hydrogen-bond donors (Lipinski definition) is 1. The maximum atomic E-state index is 12.9. The van der Waals surface area contributed by atoms with Crippen LogP contribution in [0.3, 0.4) is 0 Å². The van der Waals surface area contributed by atoms with Gasteiger partial charge in [-0.05, 0) is 61.6 Å². The van der Waals surface area contributed by atoms with Crippen molar-refractivity contribution in [1.29, 1.82) is 0 Å². The van der Waals surface area contributed by atoms with E-state index in [9.17, 15) is 4.79 Å². The molecule has 2 heterocycles. The second-order valence-corrected chi connectivity index (χ2v) is 8.91. The zero-order chi connectivity index (χ0) is 22.7. The number of hydrogen-bond acceptors (Lipinski definition) is 5. The topological polar surface area (TPSA) is 71.3 Å². The Kier molecular flexibility index (Phi) is 6.86. The zero-order valence-electron chi connectivity index (χ0n) is 18.3. The second-order valence-electron chi connectivity index (χ2n) is 7.59. The number of unbranched alkanes of at least 4 members (excludes halogenated alkanes) is 1. The molecular formula is C24H25ClN4O2S. The molecule has 1 N–H and O–H groups in total. The molecule has 4 rings (SSSR count). The van der Waals surface area contributed by atoms with Crippen molar-refractivity contribution in [3.63, 3.8) is 0 Å². The molecule has 1 atom stereocenters. The third kappa shape index (κ3) is 4.54. The van der Waals surface area contributed by atoms with Crippen molar-refractivity contribution in [1.82, 2.24) is 20.4 Å². The maximum absolute atomic E-state index is 12.9. The summed E-state index contributed by atoms with van der Waals surface area (Å²) >= 11 is 7.76. The summed E-state index contributed by atoms with van der Waals surface area (Å²) in [5.41, 5.74) is 3.38. The number of allylic oxidation sites excluding steroid dienone is 1. The number of rotatable bonds is 7. The number of amides is 2.